The Kier molecular flexibility index (Phi) is 5.77. The highest BCUT2D eigenvalue weighted by molar-refractivity contribution is 5.72. The molecular weight excluding hydrogens is 206 g/mol. The van der Waals surface area contributed by atoms with Crippen molar-refractivity contribution in [1.29, 1.82) is 0 Å². The molecule has 0 saturated carbocycles. The number of nitrogens with zero attached hydrogens (tertiary/aromatic N) is 1. The molecule has 0 spiro atoms. The van der Waals surface area contributed by atoms with Crippen LogP contribution in [0.5, 0.6) is 0 Å². The van der Waals surface area contributed by atoms with E-state index in [9.17, 15) is 4.79 Å². The van der Waals surface area contributed by atoms with Gasteiger partial charge in [-0.05, 0) is 33.2 Å². The van der Waals surface area contributed by atoms with E-state index in [-0.39, 0.29) is 18.0 Å². The lowest BCUT2D eigenvalue weighted by Crippen LogP contribution is -2.40. The summed E-state index contributed by atoms with van der Waals surface area (Å²) in [6.45, 7) is 7.60. The number of carbonyl (C=O) groups is 1. The second-order valence-corrected chi connectivity index (χ2v) is 4.58. The molecule has 1 aliphatic heterocycles. The van der Waals surface area contributed by atoms with Gasteiger partial charge in [0.25, 0.3) is 0 Å². The van der Waals surface area contributed by atoms with Crippen LogP contribution in [0.25, 0.3) is 0 Å². The molecule has 0 N–H and O–H groups in total. The van der Waals surface area contributed by atoms with Gasteiger partial charge in [-0.15, -0.1) is 0 Å². The van der Waals surface area contributed by atoms with Crippen molar-refractivity contribution < 1.29 is 14.3 Å². The largest absolute Gasteiger partial charge is 0.469 e. The summed E-state index contributed by atoms with van der Waals surface area (Å²) in [6.07, 6.45) is 2.30. The second kappa shape index (κ2) is 6.86. The maximum atomic E-state index is 11.4. The molecule has 4 heteroatoms. The number of rotatable bonds is 5. The number of ether oxygens (including phenoxy) is 2. The summed E-state index contributed by atoms with van der Waals surface area (Å²) in [6, 6.07) is 0. The molecule has 0 amide bonds. The Morgan fingerprint density at radius 1 is 1.50 bits per heavy atom. The molecule has 1 atom stereocenters. The third kappa shape index (κ3) is 4.49. The molecule has 4 nitrogen and oxygen atoms in total. The summed E-state index contributed by atoms with van der Waals surface area (Å²) in [4.78, 5) is 13.7. The number of carbonyl (C=O) groups excluding carboxylic acids is 1. The number of likely N-dealkylation sites (tertiary alicyclic amines) is 1. The van der Waals surface area contributed by atoms with Crippen molar-refractivity contribution in [3.63, 3.8) is 0 Å². The van der Waals surface area contributed by atoms with Gasteiger partial charge in [-0.1, -0.05) is 0 Å². The fourth-order valence-electron chi connectivity index (χ4n) is 2.04. The van der Waals surface area contributed by atoms with Crippen LogP contribution in [0.4, 0.5) is 0 Å². The second-order valence-electron chi connectivity index (χ2n) is 4.58. The normalized spacial score (nSPS) is 22.4. The number of methoxy groups -OCH3 is 1. The van der Waals surface area contributed by atoms with E-state index in [1.54, 1.807) is 0 Å². The maximum absolute atomic E-state index is 11.4. The number of hydrogen-bond acceptors (Lipinski definition) is 4. The maximum Gasteiger partial charge on any atom is 0.309 e. The van der Waals surface area contributed by atoms with Crippen molar-refractivity contribution in [2.24, 2.45) is 5.92 Å². The molecule has 94 valence electrons. The van der Waals surface area contributed by atoms with Crippen molar-refractivity contribution in [2.45, 2.75) is 32.8 Å². The zero-order valence-electron chi connectivity index (χ0n) is 10.6. The molecule has 1 saturated heterocycles. The standard InChI is InChI=1S/C12H23NO3/c1-10(2)16-8-7-13-6-4-5-11(9-13)12(14)15-3/h10-11H,4-9H2,1-3H3. The monoisotopic (exact) mass is 229 g/mol. The van der Waals surface area contributed by atoms with Crippen LogP contribution in [-0.2, 0) is 14.3 Å². The molecule has 0 aromatic heterocycles. The third-order valence-electron chi connectivity index (χ3n) is 2.90. The van der Waals surface area contributed by atoms with E-state index < -0.39 is 0 Å². The van der Waals surface area contributed by atoms with Gasteiger partial charge in [0.1, 0.15) is 0 Å². The molecule has 0 aliphatic carbocycles. The van der Waals surface area contributed by atoms with Gasteiger partial charge in [0.05, 0.1) is 25.7 Å². The fraction of sp³-hybridized carbons (Fsp3) is 0.917. The predicted octanol–water partition coefficient (Wildman–Crippen LogP) is 1.30. The van der Waals surface area contributed by atoms with E-state index >= 15 is 0 Å². The quantitative estimate of drug-likeness (QED) is 0.666. The van der Waals surface area contributed by atoms with Gasteiger partial charge in [-0.2, -0.15) is 0 Å². The topological polar surface area (TPSA) is 38.8 Å². The predicted molar refractivity (Wildman–Crippen MR) is 62.3 cm³/mol. The number of piperidine rings is 1. The van der Waals surface area contributed by atoms with Crippen LogP contribution in [0.2, 0.25) is 0 Å². The average molecular weight is 229 g/mol. The summed E-state index contributed by atoms with van der Waals surface area (Å²) in [5, 5.41) is 0. The van der Waals surface area contributed by atoms with Gasteiger partial charge in [0, 0.05) is 13.1 Å². The van der Waals surface area contributed by atoms with Crippen LogP contribution in [0.3, 0.4) is 0 Å². The van der Waals surface area contributed by atoms with E-state index in [4.69, 9.17) is 9.47 Å². The van der Waals surface area contributed by atoms with Crippen molar-refractivity contribution in [3.8, 4) is 0 Å². The highest BCUT2D eigenvalue weighted by Crippen LogP contribution is 2.17. The van der Waals surface area contributed by atoms with E-state index in [2.05, 4.69) is 4.90 Å². The SMILES string of the molecule is COC(=O)C1CCCN(CCOC(C)C)C1. The van der Waals surface area contributed by atoms with E-state index in [0.29, 0.717) is 0 Å². The van der Waals surface area contributed by atoms with Crippen molar-refractivity contribution >= 4 is 5.97 Å². The molecule has 1 heterocycles. The van der Waals surface area contributed by atoms with Gasteiger partial charge < -0.3 is 14.4 Å². The van der Waals surface area contributed by atoms with E-state index in [0.717, 1.165) is 39.1 Å². The molecule has 1 fully saturated rings. The molecule has 0 aromatic rings. The molecular formula is C12H23NO3. The van der Waals surface area contributed by atoms with Crippen molar-refractivity contribution in [3.05, 3.63) is 0 Å². The smallest absolute Gasteiger partial charge is 0.309 e. The lowest BCUT2D eigenvalue weighted by Gasteiger charge is -2.31. The van der Waals surface area contributed by atoms with Crippen LogP contribution in [0.15, 0.2) is 0 Å². The first-order valence-corrected chi connectivity index (χ1v) is 6.05. The number of esters is 1. The first-order valence-electron chi connectivity index (χ1n) is 6.05. The van der Waals surface area contributed by atoms with Crippen molar-refractivity contribution in [1.82, 2.24) is 4.90 Å². The summed E-state index contributed by atoms with van der Waals surface area (Å²) in [7, 11) is 1.46. The average Bonchev–Trinajstić information content (AvgIpc) is 2.28. The van der Waals surface area contributed by atoms with Crippen LogP contribution in [-0.4, -0.2) is 50.3 Å². The summed E-state index contributed by atoms with van der Waals surface area (Å²) < 4.78 is 10.3. The minimum absolute atomic E-state index is 0.0535. The zero-order valence-corrected chi connectivity index (χ0v) is 10.6. The van der Waals surface area contributed by atoms with Gasteiger partial charge >= 0.3 is 5.97 Å². The third-order valence-corrected chi connectivity index (χ3v) is 2.90. The molecule has 1 rings (SSSR count). The molecule has 1 aliphatic rings. The van der Waals surface area contributed by atoms with E-state index in [1.807, 2.05) is 13.8 Å². The Morgan fingerprint density at radius 3 is 2.88 bits per heavy atom. The van der Waals surface area contributed by atoms with Gasteiger partial charge in [-0.25, -0.2) is 0 Å². The molecule has 1 unspecified atom stereocenters. The van der Waals surface area contributed by atoms with Gasteiger partial charge in [0.2, 0.25) is 0 Å². The highest BCUT2D eigenvalue weighted by Gasteiger charge is 2.25. The molecule has 16 heavy (non-hydrogen) atoms. The van der Waals surface area contributed by atoms with Crippen LogP contribution < -0.4 is 0 Å². The van der Waals surface area contributed by atoms with Crippen LogP contribution in [0.1, 0.15) is 26.7 Å². The Balaban J connectivity index is 2.25. The number of hydrogen-bond donors (Lipinski definition) is 0. The van der Waals surface area contributed by atoms with Gasteiger partial charge in [-0.3, -0.25) is 4.79 Å². The molecule has 0 radical (unpaired) electrons. The minimum atomic E-state index is -0.0746. The Labute approximate surface area is 97.9 Å². The summed E-state index contributed by atoms with van der Waals surface area (Å²) in [5.74, 6) is -0.0210. The summed E-state index contributed by atoms with van der Waals surface area (Å²) in [5.41, 5.74) is 0. The highest BCUT2D eigenvalue weighted by atomic mass is 16.5. The molecule has 0 aromatic carbocycles. The van der Waals surface area contributed by atoms with Crippen LogP contribution >= 0.6 is 0 Å². The lowest BCUT2D eigenvalue weighted by atomic mass is 9.98. The van der Waals surface area contributed by atoms with Gasteiger partial charge in [0.15, 0.2) is 0 Å². The van der Waals surface area contributed by atoms with E-state index in [1.165, 1.54) is 7.11 Å². The first-order chi connectivity index (χ1) is 7.63. The summed E-state index contributed by atoms with van der Waals surface area (Å²) >= 11 is 0. The fourth-order valence-corrected chi connectivity index (χ4v) is 2.04. The van der Waals surface area contributed by atoms with Crippen LogP contribution in [0, 0.1) is 5.92 Å². The Hall–Kier alpha value is -0.610. The Bertz CT molecular complexity index is 218. The minimum Gasteiger partial charge on any atom is -0.469 e. The van der Waals surface area contributed by atoms with Crippen molar-refractivity contribution in [2.75, 3.05) is 33.4 Å². The lowest BCUT2D eigenvalue weighted by molar-refractivity contribution is -0.147. The Morgan fingerprint density at radius 2 is 2.25 bits per heavy atom. The first kappa shape index (κ1) is 13.5. The molecule has 0 bridgehead atoms. The zero-order chi connectivity index (χ0) is 12.0.